The molecule has 2 N–H and O–H groups in total. The van der Waals surface area contributed by atoms with Gasteiger partial charge in [-0.2, -0.15) is 0 Å². The number of rotatable bonds is 1. The van der Waals surface area contributed by atoms with Crippen molar-refractivity contribution in [3.05, 3.63) is 11.8 Å². The van der Waals surface area contributed by atoms with Gasteiger partial charge in [-0.3, -0.25) is 0 Å². The van der Waals surface area contributed by atoms with Crippen LogP contribution < -0.4 is 5.73 Å². The normalized spacial score (nSPS) is 33.8. The molecule has 0 aliphatic carbocycles. The van der Waals surface area contributed by atoms with Crippen LogP contribution in [-0.2, 0) is 4.74 Å². The molecule has 1 fully saturated rings. The highest BCUT2D eigenvalue weighted by molar-refractivity contribution is 4.97. The van der Waals surface area contributed by atoms with E-state index in [0.29, 0.717) is 12.0 Å². The van der Waals surface area contributed by atoms with Crippen LogP contribution in [-0.4, -0.2) is 12.7 Å². The Bertz CT molecular complexity index is 150. The number of hydrogen-bond acceptors (Lipinski definition) is 2. The third-order valence-corrected chi connectivity index (χ3v) is 2.02. The fraction of sp³-hybridized carbons (Fsp3) is 0.778. The van der Waals surface area contributed by atoms with Gasteiger partial charge in [-0.1, -0.05) is 6.08 Å². The number of ether oxygens (including phenoxy) is 1. The van der Waals surface area contributed by atoms with Gasteiger partial charge in [0.2, 0.25) is 0 Å². The average Bonchev–Trinajstić information content (AvgIpc) is 1.85. The van der Waals surface area contributed by atoms with Gasteiger partial charge in [0.15, 0.2) is 0 Å². The maximum absolute atomic E-state index is 5.59. The Labute approximate surface area is 68.4 Å². The summed E-state index contributed by atoms with van der Waals surface area (Å²) < 4.78 is 5.42. The zero-order chi connectivity index (χ0) is 8.27. The second-order valence-corrected chi connectivity index (χ2v) is 3.38. The molecule has 1 rings (SSSR count). The van der Waals surface area contributed by atoms with Gasteiger partial charge in [0.05, 0.1) is 6.10 Å². The van der Waals surface area contributed by atoms with E-state index in [2.05, 4.69) is 13.0 Å². The van der Waals surface area contributed by atoms with Crippen molar-refractivity contribution >= 4 is 0 Å². The van der Waals surface area contributed by atoms with Gasteiger partial charge < -0.3 is 10.5 Å². The maximum atomic E-state index is 5.59. The third-order valence-electron chi connectivity index (χ3n) is 2.02. The predicted molar refractivity (Wildman–Crippen MR) is 46.1 cm³/mol. The number of nitrogens with two attached hydrogens (primary N) is 1. The van der Waals surface area contributed by atoms with Crippen molar-refractivity contribution in [2.45, 2.75) is 32.8 Å². The second kappa shape index (κ2) is 3.77. The monoisotopic (exact) mass is 155 g/mol. The molecule has 0 aromatic heterocycles. The molecule has 0 radical (unpaired) electrons. The first kappa shape index (κ1) is 8.60. The van der Waals surface area contributed by atoms with Crippen LogP contribution in [0.2, 0.25) is 0 Å². The molecule has 11 heavy (non-hydrogen) atoms. The van der Waals surface area contributed by atoms with Crippen LogP contribution in [0.15, 0.2) is 11.8 Å². The van der Waals surface area contributed by atoms with Crippen molar-refractivity contribution in [1.82, 2.24) is 0 Å². The highest BCUT2D eigenvalue weighted by Crippen LogP contribution is 2.21. The Morgan fingerprint density at radius 1 is 1.64 bits per heavy atom. The molecule has 0 bridgehead atoms. The van der Waals surface area contributed by atoms with E-state index in [1.807, 2.05) is 6.92 Å². The largest absolute Gasteiger partial charge is 0.403 e. The van der Waals surface area contributed by atoms with Crippen molar-refractivity contribution in [2.75, 3.05) is 6.61 Å². The highest BCUT2D eigenvalue weighted by atomic mass is 16.5. The van der Waals surface area contributed by atoms with Crippen LogP contribution in [0.25, 0.3) is 0 Å². The molecule has 0 aromatic rings. The Balaban J connectivity index is 2.40. The topological polar surface area (TPSA) is 35.2 Å². The minimum absolute atomic E-state index is 0.407. The summed E-state index contributed by atoms with van der Waals surface area (Å²) in [6.07, 6.45) is 4.80. The van der Waals surface area contributed by atoms with Crippen LogP contribution in [0, 0.1) is 5.92 Å². The predicted octanol–water partition coefficient (Wildman–Crippen LogP) is 1.66. The molecule has 64 valence electrons. The molecule has 2 heteroatoms. The summed E-state index contributed by atoms with van der Waals surface area (Å²) >= 11 is 0. The van der Waals surface area contributed by atoms with E-state index >= 15 is 0 Å². The lowest BCUT2D eigenvalue weighted by Crippen LogP contribution is -2.22. The lowest BCUT2D eigenvalue weighted by molar-refractivity contribution is 0.0125. The Morgan fingerprint density at radius 3 is 2.91 bits per heavy atom. The van der Waals surface area contributed by atoms with Crippen LogP contribution >= 0.6 is 0 Å². The average molecular weight is 155 g/mol. The summed E-state index contributed by atoms with van der Waals surface area (Å²) in [4.78, 5) is 0. The molecule has 1 heterocycles. The number of hydrogen-bond donors (Lipinski definition) is 1. The zero-order valence-electron chi connectivity index (χ0n) is 7.34. The zero-order valence-corrected chi connectivity index (χ0v) is 7.34. The summed E-state index contributed by atoms with van der Waals surface area (Å²) in [5.74, 6) is 0.642. The fourth-order valence-electron chi connectivity index (χ4n) is 1.56. The van der Waals surface area contributed by atoms with Gasteiger partial charge in [0, 0.05) is 12.3 Å². The van der Waals surface area contributed by atoms with Crippen molar-refractivity contribution < 1.29 is 4.74 Å². The first-order valence-electron chi connectivity index (χ1n) is 4.24. The first-order chi connectivity index (χ1) is 5.18. The van der Waals surface area contributed by atoms with Gasteiger partial charge in [0.25, 0.3) is 0 Å². The third kappa shape index (κ3) is 2.93. The van der Waals surface area contributed by atoms with E-state index in [-0.39, 0.29) is 0 Å². The first-order valence-corrected chi connectivity index (χ1v) is 4.24. The molecule has 0 aromatic carbocycles. The van der Waals surface area contributed by atoms with E-state index in [1.54, 1.807) is 0 Å². The van der Waals surface area contributed by atoms with Crippen LogP contribution in [0.1, 0.15) is 26.7 Å². The van der Waals surface area contributed by atoms with Crippen molar-refractivity contribution in [3.63, 3.8) is 0 Å². The molecule has 0 saturated carbocycles. The lowest BCUT2D eigenvalue weighted by Gasteiger charge is -2.25. The molecule has 1 aliphatic heterocycles. The number of allylic oxidation sites excluding steroid dienone is 2. The minimum Gasteiger partial charge on any atom is -0.403 e. The van der Waals surface area contributed by atoms with Gasteiger partial charge in [0.1, 0.15) is 0 Å². The molecular weight excluding hydrogens is 138 g/mol. The van der Waals surface area contributed by atoms with E-state index in [9.17, 15) is 0 Å². The van der Waals surface area contributed by atoms with Crippen LogP contribution in [0.3, 0.4) is 0 Å². The fourth-order valence-corrected chi connectivity index (χ4v) is 1.56. The molecular formula is C9H17NO. The highest BCUT2D eigenvalue weighted by Gasteiger charge is 2.16. The van der Waals surface area contributed by atoms with Gasteiger partial charge >= 0.3 is 0 Å². The Hall–Kier alpha value is -0.500. The Kier molecular flexibility index (Phi) is 2.94. The minimum atomic E-state index is 0.407. The van der Waals surface area contributed by atoms with E-state index in [4.69, 9.17) is 10.5 Å². The van der Waals surface area contributed by atoms with Crippen molar-refractivity contribution in [1.29, 1.82) is 0 Å². The molecule has 2 nitrogen and oxygen atoms in total. The van der Waals surface area contributed by atoms with Crippen LogP contribution in [0.5, 0.6) is 0 Å². The molecule has 0 amide bonds. The summed E-state index contributed by atoms with van der Waals surface area (Å²) in [6.45, 7) is 4.95. The molecule has 2 atom stereocenters. The van der Waals surface area contributed by atoms with Gasteiger partial charge in [-0.15, -0.1) is 0 Å². The van der Waals surface area contributed by atoms with E-state index in [1.165, 1.54) is 0 Å². The van der Waals surface area contributed by atoms with Crippen LogP contribution in [0.4, 0.5) is 0 Å². The van der Waals surface area contributed by atoms with Crippen molar-refractivity contribution in [3.8, 4) is 0 Å². The summed E-state index contributed by atoms with van der Waals surface area (Å²) in [6, 6.07) is 0. The second-order valence-electron chi connectivity index (χ2n) is 3.38. The van der Waals surface area contributed by atoms with Gasteiger partial charge in [-0.05, 0) is 32.6 Å². The van der Waals surface area contributed by atoms with Gasteiger partial charge in [-0.25, -0.2) is 0 Å². The summed E-state index contributed by atoms with van der Waals surface area (Å²) in [7, 11) is 0. The quantitative estimate of drug-likeness (QED) is 0.625. The molecule has 1 aliphatic rings. The van der Waals surface area contributed by atoms with Crippen molar-refractivity contribution in [2.24, 2.45) is 11.7 Å². The Morgan fingerprint density at radius 2 is 2.36 bits per heavy atom. The van der Waals surface area contributed by atoms with E-state index < -0.39 is 0 Å². The molecule has 0 spiro atoms. The maximum Gasteiger partial charge on any atom is 0.0552 e. The van der Waals surface area contributed by atoms with E-state index in [0.717, 1.165) is 25.1 Å². The standard InChI is InChI=1S/C9H17NO/c1-7(10)5-9-3-4-11-8(2)6-9/h5,8-9H,3-4,6,10H2,1-2H3/b7-5-. The molecule has 1 saturated heterocycles. The smallest absolute Gasteiger partial charge is 0.0552 e. The lowest BCUT2D eigenvalue weighted by atomic mass is 9.95. The molecule has 2 unspecified atom stereocenters. The SMILES string of the molecule is C/C(N)=C/C1CCOC(C)C1. The summed E-state index contributed by atoms with van der Waals surface area (Å²) in [5.41, 5.74) is 6.52. The summed E-state index contributed by atoms with van der Waals surface area (Å²) in [5, 5.41) is 0.